The van der Waals surface area contributed by atoms with Crippen LogP contribution in [0.3, 0.4) is 0 Å². The summed E-state index contributed by atoms with van der Waals surface area (Å²) in [4.78, 5) is 4.30. The zero-order chi connectivity index (χ0) is 16.7. The fraction of sp³-hybridized carbons (Fsp3) is 0.526. The predicted molar refractivity (Wildman–Crippen MR) is 93.8 cm³/mol. The normalized spacial score (nSPS) is 31.9. The highest BCUT2D eigenvalue weighted by Gasteiger charge is 2.39. The van der Waals surface area contributed by atoms with Crippen molar-refractivity contribution in [1.82, 2.24) is 0 Å². The number of aliphatic hydroxyl groups is 1. The molecular weight excluding hydrogens is 290 g/mol. The molecular formula is C19H27NO3. The Morgan fingerprint density at radius 1 is 1.17 bits per heavy atom. The molecule has 1 fully saturated rings. The van der Waals surface area contributed by atoms with Crippen molar-refractivity contribution in [1.29, 1.82) is 0 Å². The van der Waals surface area contributed by atoms with Crippen LogP contribution in [0.2, 0.25) is 0 Å². The molecule has 0 radical (unpaired) electrons. The van der Waals surface area contributed by atoms with Crippen molar-refractivity contribution in [3.63, 3.8) is 0 Å². The van der Waals surface area contributed by atoms with Gasteiger partial charge in [-0.2, -0.15) is 0 Å². The molecule has 0 aromatic heterocycles. The minimum absolute atomic E-state index is 0.0565. The Balaban J connectivity index is 1.70. The van der Waals surface area contributed by atoms with Crippen LogP contribution in [0.1, 0.15) is 26.3 Å². The number of aliphatic imine (C=N–C) groups is 1. The quantitative estimate of drug-likeness (QED) is 0.648. The lowest BCUT2D eigenvalue weighted by Crippen LogP contribution is -2.52. The molecule has 1 aromatic carbocycles. The van der Waals surface area contributed by atoms with Crippen LogP contribution >= 0.6 is 0 Å². The summed E-state index contributed by atoms with van der Waals surface area (Å²) in [5, 5.41) is 10.3. The summed E-state index contributed by atoms with van der Waals surface area (Å²) in [5.74, 6) is 0.0773. The van der Waals surface area contributed by atoms with E-state index < -0.39 is 6.10 Å². The number of rotatable bonds is 6. The van der Waals surface area contributed by atoms with Gasteiger partial charge >= 0.3 is 0 Å². The second-order valence-corrected chi connectivity index (χ2v) is 6.06. The third-order valence-corrected chi connectivity index (χ3v) is 4.32. The Bertz CT molecular complexity index is 515. The van der Waals surface area contributed by atoms with Crippen LogP contribution in [-0.2, 0) is 9.47 Å². The zero-order valence-electron chi connectivity index (χ0n) is 14.1. The van der Waals surface area contributed by atoms with Crippen molar-refractivity contribution in [2.75, 3.05) is 13.2 Å². The van der Waals surface area contributed by atoms with Crippen molar-refractivity contribution in [2.24, 2.45) is 10.9 Å². The number of hydrogen-bond acceptors (Lipinski definition) is 4. The molecule has 0 bridgehead atoms. The van der Waals surface area contributed by atoms with Crippen LogP contribution < -0.4 is 0 Å². The maximum Gasteiger partial charge on any atom is 0.110 e. The maximum atomic E-state index is 10.3. The van der Waals surface area contributed by atoms with Gasteiger partial charge in [-0.1, -0.05) is 43.3 Å². The predicted octanol–water partition coefficient (Wildman–Crippen LogP) is 2.96. The molecule has 1 saturated heterocycles. The molecule has 2 unspecified atom stereocenters. The number of hydrogen-bond donors (Lipinski definition) is 1. The number of nitrogens with zero attached hydrogens (tertiary/aromatic N) is 1. The average Bonchev–Trinajstić information content (AvgIpc) is 2.55. The third kappa shape index (κ3) is 5.27. The monoisotopic (exact) mass is 317 g/mol. The van der Waals surface area contributed by atoms with Crippen LogP contribution in [0.15, 0.2) is 41.4 Å². The lowest BCUT2D eigenvalue weighted by Gasteiger charge is -2.41. The van der Waals surface area contributed by atoms with E-state index in [4.69, 9.17) is 9.47 Å². The fourth-order valence-electron chi connectivity index (χ4n) is 2.72. The molecule has 1 aliphatic heterocycles. The van der Waals surface area contributed by atoms with Gasteiger partial charge in [0.15, 0.2) is 0 Å². The van der Waals surface area contributed by atoms with Crippen LogP contribution in [-0.4, -0.2) is 48.9 Å². The second-order valence-electron chi connectivity index (χ2n) is 6.06. The minimum atomic E-state index is -0.490. The maximum absolute atomic E-state index is 10.3. The number of aliphatic hydroxyl groups excluding tert-OH is 1. The van der Waals surface area contributed by atoms with E-state index in [0.717, 1.165) is 5.56 Å². The van der Waals surface area contributed by atoms with E-state index in [0.29, 0.717) is 13.2 Å². The van der Waals surface area contributed by atoms with E-state index in [9.17, 15) is 5.11 Å². The Kier molecular flexibility index (Phi) is 6.96. The molecule has 1 N–H and O–H groups in total. The van der Waals surface area contributed by atoms with Crippen LogP contribution in [0.5, 0.6) is 0 Å². The van der Waals surface area contributed by atoms with E-state index in [1.165, 1.54) is 0 Å². The van der Waals surface area contributed by atoms with Gasteiger partial charge in [-0.05, 0) is 25.5 Å². The van der Waals surface area contributed by atoms with Crippen molar-refractivity contribution in [2.45, 2.75) is 45.2 Å². The molecule has 1 aromatic rings. The first-order chi connectivity index (χ1) is 11.1. The first-order valence-electron chi connectivity index (χ1n) is 8.26. The fourth-order valence-corrected chi connectivity index (χ4v) is 2.72. The van der Waals surface area contributed by atoms with Crippen molar-refractivity contribution in [3.8, 4) is 0 Å². The minimum Gasteiger partial charge on any atom is -0.390 e. The molecule has 0 aliphatic carbocycles. The zero-order valence-corrected chi connectivity index (χ0v) is 14.1. The first kappa shape index (κ1) is 17.9. The van der Waals surface area contributed by atoms with Gasteiger partial charge < -0.3 is 14.6 Å². The summed E-state index contributed by atoms with van der Waals surface area (Å²) in [6.07, 6.45) is 4.89. The topological polar surface area (TPSA) is 51.0 Å². The van der Waals surface area contributed by atoms with Gasteiger partial charge in [0.25, 0.3) is 0 Å². The lowest BCUT2D eigenvalue weighted by molar-refractivity contribution is -0.201. The van der Waals surface area contributed by atoms with Crippen molar-refractivity contribution >= 4 is 12.3 Å². The molecule has 4 heteroatoms. The molecule has 0 amide bonds. The summed E-state index contributed by atoms with van der Waals surface area (Å²) in [6.45, 7) is 6.97. The Hall–Kier alpha value is -1.49. The van der Waals surface area contributed by atoms with Gasteiger partial charge in [0.1, 0.15) is 6.10 Å². The first-order valence-corrected chi connectivity index (χ1v) is 8.26. The number of benzene rings is 1. The van der Waals surface area contributed by atoms with Gasteiger partial charge in [-0.15, -0.1) is 0 Å². The average molecular weight is 317 g/mol. The van der Waals surface area contributed by atoms with Crippen LogP contribution in [0, 0.1) is 5.92 Å². The largest absolute Gasteiger partial charge is 0.390 e. The third-order valence-electron chi connectivity index (χ3n) is 4.32. The van der Waals surface area contributed by atoms with E-state index in [2.05, 4.69) is 4.99 Å². The van der Waals surface area contributed by atoms with Crippen LogP contribution in [0.4, 0.5) is 0 Å². The Labute approximate surface area is 138 Å². The number of allylic oxidation sites excluding steroid dienone is 1. The summed E-state index contributed by atoms with van der Waals surface area (Å²) in [7, 11) is 0. The molecule has 1 heterocycles. The molecule has 23 heavy (non-hydrogen) atoms. The standard InChI is InChI=1S/C19H27NO3/c1-14-15(2)23-16(3)19(18(14)21)22-13-12-20-11-7-10-17-8-5-4-6-9-17/h4-11,14-16,18-19,21H,12-13H2,1-3H3/b10-7+,20-11?/t14-,15?,16?,18-,19-/m0/s1. The highest BCUT2D eigenvalue weighted by Crippen LogP contribution is 2.27. The lowest BCUT2D eigenvalue weighted by atomic mass is 9.89. The van der Waals surface area contributed by atoms with Gasteiger partial charge in [0.05, 0.1) is 31.5 Å². The highest BCUT2D eigenvalue weighted by molar-refractivity contribution is 5.78. The molecule has 0 spiro atoms. The molecule has 2 rings (SSSR count). The SMILES string of the molecule is CC1OC(C)[C@H](OCCN=C/C=C/c2ccccc2)[C@@H](O)[C@H]1C. The summed E-state index contributed by atoms with van der Waals surface area (Å²) >= 11 is 0. The molecule has 126 valence electrons. The molecule has 0 saturated carbocycles. The van der Waals surface area contributed by atoms with E-state index in [1.807, 2.05) is 63.3 Å². The van der Waals surface area contributed by atoms with Gasteiger partial charge in [0, 0.05) is 12.1 Å². The Morgan fingerprint density at radius 2 is 1.91 bits per heavy atom. The summed E-state index contributed by atoms with van der Waals surface area (Å²) in [6, 6.07) is 10.1. The van der Waals surface area contributed by atoms with Gasteiger partial charge in [-0.25, -0.2) is 0 Å². The molecule has 5 atom stereocenters. The summed E-state index contributed by atoms with van der Waals surface area (Å²) in [5.41, 5.74) is 1.15. The second kappa shape index (κ2) is 8.96. The highest BCUT2D eigenvalue weighted by atomic mass is 16.6. The molecule has 4 nitrogen and oxygen atoms in total. The van der Waals surface area contributed by atoms with E-state index in [-0.39, 0.29) is 24.2 Å². The number of ether oxygens (including phenoxy) is 2. The summed E-state index contributed by atoms with van der Waals surface area (Å²) < 4.78 is 11.6. The van der Waals surface area contributed by atoms with Crippen molar-refractivity contribution < 1.29 is 14.6 Å². The smallest absolute Gasteiger partial charge is 0.110 e. The van der Waals surface area contributed by atoms with Crippen molar-refractivity contribution in [3.05, 3.63) is 42.0 Å². The van der Waals surface area contributed by atoms with Gasteiger partial charge in [-0.3, -0.25) is 4.99 Å². The van der Waals surface area contributed by atoms with E-state index >= 15 is 0 Å². The van der Waals surface area contributed by atoms with Crippen LogP contribution in [0.25, 0.3) is 6.08 Å². The van der Waals surface area contributed by atoms with Gasteiger partial charge in [0.2, 0.25) is 0 Å². The van der Waals surface area contributed by atoms with E-state index in [1.54, 1.807) is 6.21 Å². The Morgan fingerprint density at radius 3 is 2.65 bits per heavy atom. The molecule has 1 aliphatic rings.